The standard InChI is InChI=1S/C23H21N3O5S2/c27-32(28)21-3-1-2-4-22(21)33(29,30)23(32)15-5-7-16-17(12-15)26-19(13-25-16)14-6-8-20-18(11-14)24-9-10-31-20/h1-8,11-12,19,23-26H,9-10,13H2. The third kappa shape index (κ3) is 3.08. The van der Waals surface area contributed by atoms with E-state index in [9.17, 15) is 16.8 Å². The summed E-state index contributed by atoms with van der Waals surface area (Å²) in [7, 11) is -8.14. The maximum absolute atomic E-state index is 13.2. The topological polar surface area (TPSA) is 114 Å². The Kier molecular flexibility index (Phi) is 4.40. The summed E-state index contributed by atoms with van der Waals surface area (Å²) in [5.41, 5.74) is 3.64. The van der Waals surface area contributed by atoms with Gasteiger partial charge in [0.25, 0.3) is 0 Å². The summed E-state index contributed by atoms with van der Waals surface area (Å²) in [5, 5.41) is 10.1. The Morgan fingerprint density at radius 3 is 2.21 bits per heavy atom. The number of benzene rings is 3. The molecule has 3 aromatic carbocycles. The van der Waals surface area contributed by atoms with E-state index in [1.165, 1.54) is 24.3 Å². The van der Waals surface area contributed by atoms with E-state index < -0.39 is 24.3 Å². The van der Waals surface area contributed by atoms with Crippen LogP contribution in [-0.2, 0) is 19.7 Å². The van der Waals surface area contributed by atoms with Gasteiger partial charge in [-0.15, -0.1) is 0 Å². The second-order valence-corrected chi connectivity index (χ2v) is 12.6. The van der Waals surface area contributed by atoms with Gasteiger partial charge in [-0.05, 0) is 47.5 Å². The van der Waals surface area contributed by atoms with Gasteiger partial charge in [-0.2, -0.15) is 0 Å². The van der Waals surface area contributed by atoms with Crippen molar-refractivity contribution < 1.29 is 21.6 Å². The SMILES string of the molecule is O=S1(=O)c2ccccc2S(=O)(=O)C1c1ccc2c(c1)NC(c1ccc3c(c1)NCCO3)CN2. The highest BCUT2D eigenvalue weighted by atomic mass is 32.3. The van der Waals surface area contributed by atoms with Crippen LogP contribution in [0.3, 0.4) is 0 Å². The predicted octanol–water partition coefficient (Wildman–Crippen LogP) is 3.33. The van der Waals surface area contributed by atoms with Gasteiger partial charge in [0.15, 0.2) is 4.58 Å². The lowest BCUT2D eigenvalue weighted by atomic mass is 10.0. The molecule has 1 atom stereocenters. The van der Waals surface area contributed by atoms with Crippen molar-refractivity contribution in [1.29, 1.82) is 0 Å². The van der Waals surface area contributed by atoms with E-state index in [0.29, 0.717) is 18.8 Å². The normalized spacial score (nSPS) is 21.9. The Hall–Kier alpha value is -3.24. The number of ether oxygens (including phenoxy) is 1. The molecule has 33 heavy (non-hydrogen) atoms. The van der Waals surface area contributed by atoms with Crippen molar-refractivity contribution in [3.63, 3.8) is 0 Å². The van der Waals surface area contributed by atoms with Gasteiger partial charge in [0.2, 0.25) is 19.7 Å². The first-order valence-corrected chi connectivity index (χ1v) is 13.7. The van der Waals surface area contributed by atoms with Crippen molar-refractivity contribution in [2.75, 3.05) is 35.6 Å². The van der Waals surface area contributed by atoms with Gasteiger partial charge in [0, 0.05) is 13.1 Å². The van der Waals surface area contributed by atoms with Crippen molar-refractivity contribution in [3.8, 4) is 5.75 Å². The first-order valence-electron chi connectivity index (χ1n) is 10.6. The van der Waals surface area contributed by atoms with Crippen LogP contribution < -0.4 is 20.7 Å². The third-order valence-electron chi connectivity index (χ3n) is 6.25. The minimum absolute atomic E-state index is 0.0873. The Morgan fingerprint density at radius 1 is 0.758 bits per heavy atom. The molecule has 3 aliphatic rings. The molecule has 0 spiro atoms. The summed E-state index contributed by atoms with van der Waals surface area (Å²) in [5.74, 6) is 0.813. The summed E-state index contributed by atoms with van der Waals surface area (Å²) in [6, 6.07) is 16.6. The molecular weight excluding hydrogens is 462 g/mol. The number of hydrogen-bond acceptors (Lipinski definition) is 8. The van der Waals surface area contributed by atoms with Crippen LogP contribution in [0, 0.1) is 0 Å². The summed E-state index contributed by atoms with van der Waals surface area (Å²) in [4.78, 5) is -0.277. The largest absolute Gasteiger partial charge is 0.490 e. The van der Waals surface area contributed by atoms with Crippen LogP contribution >= 0.6 is 0 Å². The zero-order valence-electron chi connectivity index (χ0n) is 17.4. The maximum atomic E-state index is 13.2. The van der Waals surface area contributed by atoms with Crippen LogP contribution in [0.2, 0.25) is 0 Å². The first kappa shape index (κ1) is 20.4. The summed E-state index contributed by atoms with van der Waals surface area (Å²) < 4.78 is 56.6. The number of fused-ring (bicyclic) bond motifs is 3. The van der Waals surface area contributed by atoms with E-state index in [0.717, 1.165) is 29.2 Å². The van der Waals surface area contributed by atoms with Crippen LogP contribution in [0.5, 0.6) is 5.75 Å². The predicted molar refractivity (Wildman–Crippen MR) is 125 cm³/mol. The van der Waals surface area contributed by atoms with Crippen LogP contribution in [0.1, 0.15) is 21.8 Å². The van der Waals surface area contributed by atoms with Crippen LogP contribution in [0.4, 0.5) is 17.1 Å². The van der Waals surface area contributed by atoms with Crippen LogP contribution in [-0.4, -0.2) is 36.5 Å². The average molecular weight is 484 g/mol. The van der Waals surface area contributed by atoms with Crippen molar-refractivity contribution in [2.24, 2.45) is 0 Å². The molecule has 0 aliphatic carbocycles. The van der Waals surface area contributed by atoms with Crippen molar-refractivity contribution in [1.82, 2.24) is 0 Å². The summed E-state index contributed by atoms with van der Waals surface area (Å²) >= 11 is 0. The van der Waals surface area contributed by atoms with E-state index in [1.54, 1.807) is 18.2 Å². The Balaban J connectivity index is 1.36. The van der Waals surface area contributed by atoms with Crippen molar-refractivity contribution in [3.05, 3.63) is 71.8 Å². The molecule has 10 heteroatoms. The van der Waals surface area contributed by atoms with Gasteiger partial charge in [-0.3, -0.25) is 0 Å². The third-order valence-corrected chi connectivity index (χ3v) is 11.5. The van der Waals surface area contributed by atoms with Crippen LogP contribution in [0.25, 0.3) is 0 Å². The van der Waals surface area contributed by atoms with Gasteiger partial charge in [-0.1, -0.05) is 24.3 Å². The monoisotopic (exact) mass is 483 g/mol. The van der Waals surface area contributed by atoms with Crippen LogP contribution in [0.15, 0.2) is 70.5 Å². The quantitative estimate of drug-likeness (QED) is 0.509. The first-order chi connectivity index (χ1) is 15.9. The zero-order chi connectivity index (χ0) is 22.8. The molecule has 3 N–H and O–H groups in total. The molecule has 0 fully saturated rings. The molecule has 1 unspecified atom stereocenters. The molecule has 3 aliphatic heterocycles. The van der Waals surface area contributed by atoms with E-state index >= 15 is 0 Å². The van der Waals surface area contributed by atoms with Gasteiger partial charge in [-0.25, -0.2) is 16.8 Å². The molecule has 0 amide bonds. The Labute approximate surface area is 191 Å². The zero-order valence-corrected chi connectivity index (χ0v) is 19.0. The van der Waals surface area contributed by atoms with Gasteiger partial charge >= 0.3 is 0 Å². The molecule has 170 valence electrons. The second kappa shape index (κ2) is 7.13. The number of anilines is 3. The van der Waals surface area contributed by atoms with Crippen molar-refractivity contribution in [2.45, 2.75) is 20.4 Å². The molecule has 0 aromatic heterocycles. The molecule has 0 saturated heterocycles. The molecule has 0 radical (unpaired) electrons. The number of sulfone groups is 2. The lowest BCUT2D eigenvalue weighted by Gasteiger charge is -2.30. The molecule has 0 saturated carbocycles. The lowest BCUT2D eigenvalue weighted by molar-refractivity contribution is 0.323. The minimum atomic E-state index is -4.07. The van der Waals surface area contributed by atoms with Crippen molar-refractivity contribution >= 4 is 36.7 Å². The minimum Gasteiger partial charge on any atom is -0.490 e. The number of hydrogen-bond donors (Lipinski definition) is 3. The average Bonchev–Trinajstić information content (AvgIpc) is 2.99. The van der Waals surface area contributed by atoms with Gasteiger partial charge < -0.3 is 20.7 Å². The molecule has 8 nitrogen and oxygen atoms in total. The lowest BCUT2D eigenvalue weighted by Crippen LogP contribution is -2.27. The highest BCUT2D eigenvalue weighted by Gasteiger charge is 2.50. The van der Waals surface area contributed by atoms with E-state index in [1.807, 2.05) is 18.2 Å². The highest BCUT2D eigenvalue weighted by Crippen LogP contribution is 2.48. The molecule has 6 rings (SSSR count). The highest BCUT2D eigenvalue weighted by molar-refractivity contribution is 8.11. The number of nitrogens with one attached hydrogen (secondary N) is 3. The second-order valence-electron chi connectivity index (χ2n) is 8.28. The Morgan fingerprint density at radius 2 is 1.45 bits per heavy atom. The fraction of sp³-hybridized carbons (Fsp3) is 0.217. The molecule has 0 bridgehead atoms. The van der Waals surface area contributed by atoms with E-state index in [-0.39, 0.29) is 21.4 Å². The fourth-order valence-electron chi connectivity index (χ4n) is 4.69. The summed E-state index contributed by atoms with van der Waals surface area (Å²) in [6.07, 6.45) is 0. The van der Waals surface area contributed by atoms with Gasteiger partial charge in [0.1, 0.15) is 12.4 Å². The van der Waals surface area contributed by atoms with Gasteiger partial charge in [0.05, 0.1) is 32.9 Å². The number of rotatable bonds is 2. The smallest absolute Gasteiger partial charge is 0.201 e. The molecular formula is C23H21N3O5S2. The molecule has 3 aromatic rings. The Bertz CT molecular complexity index is 1450. The van der Waals surface area contributed by atoms with E-state index in [2.05, 4.69) is 16.0 Å². The van der Waals surface area contributed by atoms with E-state index in [4.69, 9.17) is 4.74 Å². The molecule has 3 heterocycles. The maximum Gasteiger partial charge on any atom is 0.201 e. The fourth-order valence-corrected chi connectivity index (χ4v) is 10.0. The summed E-state index contributed by atoms with van der Waals surface area (Å²) in [6.45, 7) is 1.99.